The van der Waals surface area contributed by atoms with Gasteiger partial charge >= 0.3 is 0 Å². The maximum atomic E-state index is 5.71. The molecule has 0 aliphatic carbocycles. The molecular formula is C11H18O2. The van der Waals surface area contributed by atoms with E-state index in [0.717, 1.165) is 12.0 Å². The van der Waals surface area contributed by atoms with Crippen molar-refractivity contribution in [2.24, 2.45) is 0 Å². The summed E-state index contributed by atoms with van der Waals surface area (Å²) in [4.78, 5) is 0. The molecule has 0 spiro atoms. The molecule has 0 amide bonds. The van der Waals surface area contributed by atoms with Gasteiger partial charge in [-0.25, -0.2) is 0 Å². The normalized spacial score (nSPS) is 31.6. The molecule has 1 aliphatic heterocycles. The van der Waals surface area contributed by atoms with Gasteiger partial charge in [0.15, 0.2) is 5.79 Å². The van der Waals surface area contributed by atoms with Crippen LogP contribution in [-0.2, 0) is 9.47 Å². The summed E-state index contributed by atoms with van der Waals surface area (Å²) in [5.41, 5.74) is 1.01. The van der Waals surface area contributed by atoms with Crippen molar-refractivity contribution in [2.45, 2.75) is 45.2 Å². The van der Waals surface area contributed by atoms with Crippen LogP contribution in [0.25, 0.3) is 0 Å². The first-order valence-corrected chi connectivity index (χ1v) is 4.58. The first-order chi connectivity index (χ1) is 5.96. The van der Waals surface area contributed by atoms with Gasteiger partial charge in [-0.1, -0.05) is 12.7 Å². The van der Waals surface area contributed by atoms with Crippen molar-refractivity contribution in [2.75, 3.05) is 0 Å². The van der Waals surface area contributed by atoms with Crippen LogP contribution >= 0.6 is 0 Å². The van der Waals surface area contributed by atoms with E-state index >= 15 is 0 Å². The van der Waals surface area contributed by atoms with E-state index in [-0.39, 0.29) is 12.2 Å². The van der Waals surface area contributed by atoms with Crippen molar-refractivity contribution in [1.82, 2.24) is 0 Å². The van der Waals surface area contributed by atoms with Crippen LogP contribution in [0.3, 0.4) is 0 Å². The molecule has 0 unspecified atom stereocenters. The van der Waals surface area contributed by atoms with E-state index < -0.39 is 5.79 Å². The average Bonchev–Trinajstić information content (AvgIpc) is 2.26. The molecule has 1 rings (SSSR count). The van der Waals surface area contributed by atoms with Crippen molar-refractivity contribution in [3.8, 4) is 0 Å². The van der Waals surface area contributed by atoms with Gasteiger partial charge in [0, 0.05) is 0 Å². The Morgan fingerprint density at radius 3 is 2.54 bits per heavy atom. The second-order valence-electron chi connectivity index (χ2n) is 3.97. The van der Waals surface area contributed by atoms with Gasteiger partial charge in [0.05, 0.1) is 6.10 Å². The standard InChI is InChI=1S/C11H18O2/c1-6-7-9-10(8(2)3)13-11(4,5)12-9/h6,9-10H,1-2,7H2,3-5H3/t9-,10-/m0/s1. The molecular weight excluding hydrogens is 164 g/mol. The van der Waals surface area contributed by atoms with Crippen molar-refractivity contribution in [3.63, 3.8) is 0 Å². The fourth-order valence-electron chi connectivity index (χ4n) is 1.59. The fourth-order valence-corrected chi connectivity index (χ4v) is 1.59. The highest BCUT2D eigenvalue weighted by Crippen LogP contribution is 2.32. The monoisotopic (exact) mass is 182 g/mol. The lowest BCUT2D eigenvalue weighted by molar-refractivity contribution is -0.143. The molecule has 1 fully saturated rings. The maximum Gasteiger partial charge on any atom is 0.164 e. The number of rotatable bonds is 3. The van der Waals surface area contributed by atoms with Gasteiger partial charge in [-0.3, -0.25) is 0 Å². The van der Waals surface area contributed by atoms with Gasteiger partial charge in [0.1, 0.15) is 6.10 Å². The van der Waals surface area contributed by atoms with E-state index in [2.05, 4.69) is 13.2 Å². The molecule has 2 atom stereocenters. The third kappa shape index (κ3) is 2.42. The molecule has 1 heterocycles. The minimum atomic E-state index is -0.489. The quantitative estimate of drug-likeness (QED) is 0.625. The molecule has 0 aromatic rings. The zero-order chi connectivity index (χ0) is 10.1. The Morgan fingerprint density at radius 2 is 2.08 bits per heavy atom. The zero-order valence-corrected chi connectivity index (χ0v) is 8.67. The van der Waals surface area contributed by atoms with Crippen LogP contribution in [0.2, 0.25) is 0 Å². The minimum absolute atomic E-state index is 0.00741. The summed E-state index contributed by atoms with van der Waals surface area (Å²) in [6, 6.07) is 0. The summed E-state index contributed by atoms with van der Waals surface area (Å²) < 4.78 is 11.4. The van der Waals surface area contributed by atoms with Crippen LogP contribution < -0.4 is 0 Å². The molecule has 0 aromatic carbocycles. The molecule has 0 saturated carbocycles. The molecule has 0 bridgehead atoms. The van der Waals surface area contributed by atoms with Crippen LogP contribution in [0.15, 0.2) is 24.8 Å². The van der Waals surface area contributed by atoms with Gasteiger partial charge < -0.3 is 9.47 Å². The Kier molecular flexibility index (Phi) is 2.94. The molecule has 74 valence electrons. The maximum absolute atomic E-state index is 5.71. The summed E-state index contributed by atoms with van der Waals surface area (Å²) in [7, 11) is 0. The largest absolute Gasteiger partial charge is 0.344 e. The lowest BCUT2D eigenvalue weighted by Crippen LogP contribution is -2.22. The van der Waals surface area contributed by atoms with E-state index in [0.29, 0.717) is 0 Å². The summed E-state index contributed by atoms with van der Waals surface area (Å²) in [5.74, 6) is -0.489. The second kappa shape index (κ2) is 3.64. The van der Waals surface area contributed by atoms with Crippen LogP contribution in [0.4, 0.5) is 0 Å². The average molecular weight is 182 g/mol. The fraction of sp³-hybridized carbons (Fsp3) is 0.636. The number of hydrogen-bond donors (Lipinski definition) is 0. The molecule has 0 aromatic heterocycles. The van der Waals surface area contributed by atoms with Crippen LogP contribution in [-0.4, -0.2) is 18.0 Å². The summed E-state index contributed by atoms with van der Waals surface area (Å²) in [6.07, 6.45) is 2.74. The molecule has 13 heavy (non-hydrogen) atoms. The third-order valence-corrected chi connectivity index (χ3v) is 2.07. The second-order valence-corrected chi connectivity index (χ2v) is 3.97. The lowest BCUT2D eigenvalue weighted by Gasteiger charge is -2.16. The SMILES string of the molecule is C=CC[C@@H]1OC(C)(C)O[C@H]1C(=C)C. The predicted molar refractivity (Wildman–Crippen MR) is 53.5 cm³/mol. The molecule has 0 radical (unpaired) electrons. The first-order valence-electron chi connectivity index (χ1n) is 4.58. The smallest absolute Gasteiger partial charge is 0.164 e. The Bertz CT molecular complexity index is 218. The molecule has 1 saturated heterocycles. The van der Waals surface area contributed by atoms with E-state index in [1.165, 1.54) is 0 Å². The topological polar surface area (TPSA) is 18.5 Å². The Balaban J connectivity index is 2.71. The van der Waals surface area contributed by atoms with Crippen molar-refractivity contribution < 1.29 is 9.47 Å². The molecule has 2 nitrogen and oxygen atoms in total. The van der Waals surface area contributed by atoms with Crippen molar-refractivity contribution >= 4 is 0 Å². The highest BCUT2D eigenvalue weighted by Gasteiger charge is 2.40. The van der Waals surface area contributed by atoms with Crippen LogP contribution in [0, 0.1) is 0 Å². The molecule has 2 heteroatoms. The molecule has 1 aliphatic rings. The van der Waals surface area contributed by atoms with Gasteiger partial charge in [-0.15, -0.1) is 6.58 Å². The van der Waals surface area contributed by atoms with E-state index in [4.69, 9.17) is 9.47 Å². The Hall–Kier alpha value is -0.600. The van der Waals surface area contributed by atoms with Crippen molar-refractivity contribution in [1.29, 1.82) is 0 Å². The Morgan fingerprint density at radius 1 is 1.46 bits per heavy atom. The van der Waals surface area contributed by atoms with Gasteiger partial charge in [-0.05, 0) is 32.8 Å². The summed E-state index contributed by atoms with van der Waals surface area (Å²) in [6.45, 7) is 13.4. The summed E-state index contributed by atoms with van der Waals surface area (Å²) in [5, 5.41) is 0. The molecule has 0 N–H and O–H groups in total. The van der Waals surface area contributed by atoms with Crippen LogP contribution in [0.1, 0.15) is 27.2 Å². The minimum Gasteiger partial charge on any atom is -0.344 e. The van der Waals surface area contributed by atoms with E-state index in [1.54, 1.807) is 0 Å². The first kappa shape index (κ1) is 10.5. The van der Waals surface area contributed by atoms with E-state index in [1.807, 2.05) is 26.8 Å². The predicted octanol–water partition coefficient (Wildman–Crippen LogP) is 2.66. The third-order valence-electron chi connectivity index (χ3n) is 2.07. The van der Waals surface area contributed by atoms with Gasteiger partial charge in [0.2, 0.25) is 0 Å². The number of hydrogen-bond acceptors (Lipinski definition) is 2. The van der Waals surface area contributed by atoms with Gasteiger partial charge in [0.25, 0.3) is 0 Å². The highest BCUT2D eigenvalue weighted by molar-refractivity contribution is 5.06. The van der Waals surface area contributed by atoms with Crippen molar-refractivity contribution in [3.05, 3.63) is 24.8 Å². The number of ether oxygens (including phenoxy) is 2. The summed E-state index contributed by atoms with van der Waals surface area (Å²) >= 11 is 0. The van der Waals surface area contributed by atoms with E-state index in [9.17, 15) is 0 Å². The highest BCUT2D eigenvalue weighted by atomic mass is 16.7. The lowest BCUT2D eigenvalue weighted by atomic mass is 10.1. The zero-order valence-electron chi connectivity index (χ0n) is 8.67. The Labute approximate surface area is 80.2 Å². The van der Waals surface area contributed by atoms with Gasteiger partial charge in [-0.2, -0.15) is 0 Å². The van der Waals surface area contributed by atoms with Crippen LogP contribution in [0.5, 0.6) is 0 Å².